The molecular formula is C21H28N3O3+. The number of piperazine rings is 1. The van der Waals surface area contributed by atoms with Crippen LogP contribution in [0, 0.1) is 0 Å². The standard InChI is InChI=1S/C21H27N3O3/c1-16(21(26)22-15-17-7-9-18(27-2)10-8-17)23-11-13-24(14-12-23)19-5-3-4-6-20(19)25/h3-10,16,25H,11-15H2,1-2H3,(H,22,26)/p+1/t16-/m0/s1. The van der Waals surface area contributed by atoms with E-state index in [9.17, 15) is 9.90 Å². The summed E-state index contributed by atoms with van der Waals surface area (Å²) in [6.45, 7) is 5.88. The molecule has 3 N–H and O–H groups in total. The minimum atomic E-state index is -0.102. The molecule has 3 rings (SSSR count). The van der Waals surface area contributed by atoms with E-state index >= 15 is 0 Å². The number of rotatable bonds is 6. The number of benzene rings is 2. The van der Waals surface area contributed by atoms with Gasteiger partial charge in [0.2, 0.25) is 0 Å². The first-order valence-corrected chi connectivity index (χ1v) is 9.36. The zero-order chi connectivity index (χ0) is 19.2. The molecular weight excluding hydrogens is 342 g/mol. The topological polar surface area (TPSA) is 66.2 Å². The number of anilines is 1. The van der Waals surface area contributed by atoms with Gasteiger partial charge >= 0.3 is 0 Å². The fraction of sp³-hybridized carbons (Fsp3) is 0.381. The van der Waals surface area contributed by atoms with Crippen LogP contribution >= 0.6 is 0 Å². The molecule has 0 aliphatic carbocycles. The van der Waals surface area contributed by atoms with Crippen molar-refractivity contribution in [3.05, 3.63) is 54.1 Å². The summed E-state index contributed by atoms with van der Waals surface area (Å²) >= 11 is 0. The second kappa shape index (κ2) is 8.77. The number of hydrogen-bond acceptors (Lipinski definition) is 4. The maximum atomic E-state index is 12.5. The highest BCUT2D eigenvalue weighted by molar-refractivity contribution is 5.79. The zero-order valence-corrected chi connectivity index (χ0v) is 15.9. The second-order valence-electron chi connectivity index (χ2n) is 6.92. The van der Waals surface area contributed by atoms with Crippen molar-refractivity contribution in [3.8, 4) is 11.5 Å². The SMILES string of the molecule is COc1ccc(CNC(=O)[C@H](C)[NH+]2CCN(c3ccccc3O)CC2)cc1. The quantitative estimate of drug-likeness (QED) is 0.704. The average molecular weight is 370 g/mol. The minimum absolute atomic E-state index is 0.0665. The molecule has 2 aromatic carbocycles. The Bertz CT molecular complexity index is 756. The minimum Gasteiger partial charge on any atom is -0.506 e. The zero-order valence-electron chi connectivity index (χ0n) is 15.9. The lowest BCUT2D eigenvalue weighted by Crippen LogP contribution is -3.19. The Morgan fingerprint density at radius 2 is 1.85 bits per heavy atom. The molecule has 0 radical (unpaired) electrons. The van der Waals surface area contributed by atoms with Gasteiger partial charge in [-0.05, 0) is 36.8 Å². The number of carbonyl (C=O) groups excluding carboxylic acids is 1. The molecule has 2 aromatic rings. The smallest absolute Gasteiger partial charge is 0.278 e. The normalized spacial score (nSPS) is 16.0. The van der Waals surface area contributed by atoms with Crippen molar-refractivity contribution in [1.82, 2.24) is 5.32 Å². The highest BCUT2D eigenvalue weighted by atomic mass is 16.5. The molecule has 1 aliphatic heterocycles. The third-order valence-corrected chi connectivity index (χ3v) is 5.26. The molecule has 1 heterocycles. The lowest BCUT2D eigenvalue weighted by Gasteiger charge is -2.36. The van der Waals surface area contributed by atoms with E-state index in [0.29, 0.717) is 12.3 Å². The van der Waals surface area contributed by atoms with Crippen LogP contribution in [-0.4, -0.2) is 50.3 Å². The van der Waals surface area contributed by atoms with Crippen molar-refractivity contribution >= 4 is 11.6 Å². The number of phenolic OH excluding ortho intramolecular Hbond substituents is 1. The number of aromatic hydroxyl groups is 1. The van der Waals surface area contributed by atoms with E-state index in [2.05, 4.69) is 10.2 Å². The van der Waals surface area contributed by atoms with E-state index < -0.39 is 0 Å². The van der Waals surface area contributed by atoms with Gasteiger partial charge in [0.25, 0.3) is 5.91 Å². The molecule has 144 valence electrons. The summed E-state index contributed by atoms with van der Waals surface area (Å²) in [5.41, 5.74) is 1.92. The Morgan fingerprint density at radius 1 is 1.19 bits per heavy atom. The average Bonchev–Trinajstić information content (AvgIpc) is 2.72. The number of hydrogen-bond donors (Lipinski definition) is 3. The third-order valence-electron chi connectivity index (χ3n) is 5.26. The first kappa shape index (κ1) is 19.0. The number of nitrogens with zero attached hydrogens (tertiary/aromatic N) is 1. The van der Waals surface area contributed by atoms with E-state index in [1.165, 1.54) is 4.90 Å². The lowest BCUT2D eigenvalue weighted by atomic mass is 10.1. The maximum absolute atomic E-state index is 12.5. The number of ether oxygens (including phenoxy) is 1. The van der Waals surface area contributed by atoms with Gasteiger partial charge in [-0.1, -0.05) is 24.3 Å². The third kappa shape index (κ3) is 4.71. The second-order valence-corrected chi connectivity index (χ2v) is 6.92. The molecule has 6 nitrogen and oxygen atoms in total. The van der Waals surface area contributed by atoms with Gasteiger partial charge in [0.05, 0.1) is 39.0 Å². The van der Waals surface area contributed by atoms with Crippen LogP contribution in [0.2, 0.25) is 0 Å². The highest BCUT2D eigenvalue weighted by Gasteiger charge is 2.29. The largest absolute Gasteiger partial charge is 0.506 e. The summed E-state index contributed by atoms with van der Waals surface area (Å²) in [6.07, 6.45) is 0. The van der Waals surface area contributed by atoms with Crippen molar-refractivity contribution < 1.29 is 19.5 Å². The first-order valence-electron chi connectivity index (χ1n) is 9.36. The van der Waals surface area contributed by atoms with Crippen LogP contribution in [0.5, 0.6) is 11.5 Å². The summed E-state index contributed by atoms with van der Waals surface area (Å²) < 4.78 is 5.15. The van der Waals surface area contributed by atoms with Gasteiger partial charge in [0, 0.05) is 6.54 Å². The molecule has 1 amide bonds. The Hall–Kier alpha value is -2.73. The molecule has 6 heteroatoms. The van der Waals surface area contributed by atoms with Crippen LogP contribution in [0.15, 0.2) is 48.5 Å². The van der Waals surface area contributed by atoms with Crippen LogP contribution < -0.4 is 19.9 Å². The van der Waals surface area contributed by atoms with E-state index in [0.717, 1.165) is 43.2 Å². The van der Waals surface area contributed by atoms with E-state index in [1.54, 1.807) is 13.2 Å². The molecule has 1 aliphatic rings. The predicted molar refractivity (Wildman–Crippen MR) is 105 cm³/mol. The number of phenols is 1. The van der Waals surface area contributed by atoms with E-state index in [4.69, 9.17) is 4.74 Å². The van der Waals surface area contributed by atoms with Gasteiger partial charge in [-0.25, -0.2) is 0 Å². The molecule has 0 bridgehead atoms. The molecule has 0 spiro atoms. The number of nitrogens with one attached hydrogen (secondary N) is 2. The van der Waals surface area contributed by atoms with Crippen molar-refractivity contribution in [2.24, 2.45) is 0 Å². The number of para-hydroxylation sites is 2. The highest BCUT2D eigenvalue weighted by Crippen LogP contribution is 2.26. The van der Waals surface area contributed by atoms with Crippen LogP contribution in [0.4, 0.5) is 5.69 Å². The van der Waals surface area contributed by atoms with Gasteiger partial charge in [0.1, 0.15) is 11.5 Å². The number of amides is 1. The number of carbonyl (C=O) groups is 1. The van der Waals surface area contributed by atoms with Crippen LogP contribution in [-0.2, 0) is 11.3 Å². The lowest BCUT2D eigenvalue weighted by molar-refractivity contribution is -0.914. The fourth-order valence-electron chi connectivity index (χ4n) is 3.47. The summed E-state index contributed by atoms with van der Waals surface area (Å²) in [5, 5.41) is 13.0. The van der Waals surface area contributed by atoms with Crippen LogP contribution in [0.3, 0.4) is 0 Å². The van der Waals surface area contributed by atoms with E-state index in [-0.39, 0.29) is 11.9 Å². The van der Waals surface area contributed by atoms with Crippen LogP contribution in [0.1, 0.15) is 12.5 Å². The molecule has 0 unspecified atom stereocenters. The summed E-state index contributed by atoms with van der Waals surface area (Å²) in [6, 6.07) is 15.0. The number of methoxy groups -OCH3 is 1. The van der Waals surface area contributed by atoms with Crippen LogP contribution in [0.25, 0.3) is 0 Å². The maximum Gasteiger partial charge on any atom is 0.278 e. The predicted octanol–water partition coefficient (Wildman–Crippen LogP) is 0.811. The van der Waals surface area contributed by atoms with Gasteiger partial charge in [0.15, 0.2) is 6.04 Å². The Morgan fingerprint density at radius 3 is 2.48 bits per heavy atom. The van der Waals surface area contributed by atoms with Gasteiger partial charge in [-0.3, -0.25) is 4.79 Å². The molecule has 27 heavy (non-hydrogen) atoms. The Balaban J connectivity index is 1.48. The van der Waals surface area contributed by atoms with Gasteiger partial charge < -0.3 is 25.0 Å². The first-order chi connectivity index (χ1) is 13.1. The summed E-state index contributed by atoms with van der Waals surface area (Å²) in [4.78, 5) is 16.0. The molecule has 0 saturated carbocycles. The molecule has 0 aromatic heterocycles. The van der Waals surface area contributed by atoms with Gasteiger partial charge in [-0.2, -0.15) is 0 Å². The summed E-state index contributed by atoms with van der Waals surface area (Å²) in [7, 11) is 1.64. The summed E-state index contributed by atoms with van der Waals surface area (Å²) in [5.74, 6) is 1.19. The van der Waals surface area contributed by atoms with Crippen molar-refractivity contribution in [2.75, 3.05) is 38.2 Å². The molecule has 1 saturated heterocycles. The van der Waals surface area contributed by atoms with Crippen molar-refractivity contribution in [1.29, 1.82) is 0 Å². The van der Waals surface area contributed by atoms with Crippen molar-refractivity contribution in [3.63, 3.8) is 0 Å². The monoisotopic (exact) mass is 370 g/mol. The van der Waals surface area contributed by atoms with Gasteiger partial charge in [-0.15, -0.1) is 0 Å². The molecule has 1 fully saturated rings. The van der Waals surface area contributed by atoms with E-state index in [1.807, 2.05) is 49.4 Å². The number of quaternary nitrogens is 1. The van der Waals surface area contributed by atoms with Crippen molar-refractivity contribution in [2.45, 2.75) is 19.5 Å². The fourth-order valence-corrected chi connectivity index (χ4v) is 3.47. The Kier molecular flexibility index (Phi) is 6.19. The molecule has 1 atom stereocenters. The Labute approximate surface area is 160 Å².